The smallest absolute Gasteiger partial charge is 0.223 e. The second-order valence-electron chi connectivity index (χ2n) is 7.11. The molecule has 2 aliphatic rings. The van der Waals surface area contributed by atoms with Crippen molar-refractivity contribution in [1.82, 2.24) is 9.88 Å². The molecule has 4 heterocycles. The van der Waals surface area contributed by atoms with Crippen LogP contribution in [0.3, 0.4) is 0 Å². The fourth-order valence-electron chi connectivity index (χ4n) is 4.25. The van der Waals surface area contributed by atoms with Gasteiger partial charge in [0.2, 0.25) is 5.91 Å². The van der Waals surface area contributed by atoms with Gasteiger partial charge in [-0.2, -0.15) is 0 Å². The minimum atomic E-state index is 0.212. The van der Waals surface area contributed by atoms with E-state index in [0.29, 0.717) is 24.4 Å². The number of carbonyl (C=O) groups is 1. The number of hydrogen-bond donors (Lipinski definition) is 0. The van der Waals surface area contributed by atoms with Crippen molar-refractivity contribution in [3.63, 3.8) is 0 Å². The van der Waals surface area contributed by atoms with Gasteiger partial charge in [-0.3, -0.25) is 9.78 Å². The number of hydrogen-bond acceptors (Lipinski definition) is 4. The number of carbonyl (C=O) groups excluding carboxylic acids is 1. The van der Waals surface area contributed by atoms with E-state index in [2.05, 4.69) is 28.3 Å². The summed E-state index contributed by atoms with van der Waals surface area (Å²) in [6.07, 6.45) is 9.35. The standard InChI is InChI=1S/C20H24N2O2S/c1-14-8-11-25-19(14)4-5-20(23)22-15-2-3-16(22)13-18(12-15)24-17-6-9-21-10-7-17/h6-11,15-16,18H,2-5,12-13H2,1H3. The molecule has 0 aliphatic carbocycles. The molecule has 2 aliphatic heterocycles. The van der Waals surface area contributed by atoms with E-state index in [0.717, 1.165) is 37.9 Å². The third-order valence-corrected chi connectivity index (χ3v) is 6.55. The lowest BCUT2D eigenvalue weighted by Crippen LogP contribution is -2.49. The Balaban J connectivity index is 1.35. The van der Waals surface area contributed by atoms with Gasteiger partial charge in [0.1, 0.15) is 11.9 Å². The van der Waals surface area contributed by atoms with Crippen LogP contribution in [-0.2, 0) is 11.2 Å². The topological polar surface area (TPSA) is 42.4 Å². The quantitative estimate of drug-likeness (QED) is 0.814. The van der Waals surface area contributed by atoms with E-state index in [4.69, 9.17) is 4.74 Å². The Morgan fingerprint density at radius 1 is 1.24 bits per heavy atom. The van der Waals surface area contributed by atoms with Gasteiger partial charge in [-0.25, -0.2) is 0 Å². The number of fused-ring (bicyclic) bond motifs is 2. The van der Waals surface area contributed by atoms with Gasteiger partial charge in [0.25, 0.3) is 0 Å². The number of thiophene rings is 1. The Labute approximate surface area is 152 Å². The van der Waals surface area contributed by atoms with Crippen LogP contribution in [0.25, 0.3) is 0 Å². The van der Waals surface area contributed by atoms with Crippen LogP contribution < -0.4 is 4.74 Å². The highest BCUT2D eigenvalue weighted by molar-refractivity contribution is 7.10. The lowest BCUT2D eigenvalue weighted by Gasteiger charge is -2.39. The van der Waals surface area contributed by atoms with Crippen molar-refractivity contribution < 1.29 is 9.53 Å². The highest BCUT2D eigenvalue weighted by Crippen LogP contribution is 2.38. The van der Waals surface area contributed by atoms with Crippen LogP contribution in [0.15, 0.2) is 36.0 Å². The molecule has 2 saturated heterocycles. The number of aromatic nitrogens is 1. The normalized spacial score (nSPS) is 25.2. The van der Waals surface area contributed by atoms with Crippen molar-refractivity contribution in [2.75, 3.05) is 0 Å². The lowest BCUT2D eigenvalue weighted by atomic mass is 9.98. The van der Waals surface area contributed by atoms with E-state index >= 15 is 0 Å². The molecule has 4 nitrogen and oxygen atoms in total. The summed E-state index contributed by atoms with van der Waals surface area (Å²) in [6.45, 7) is 2.13. The average Bonchev–Trinajstić information content (AvgIpc) is 3.14. The third kappa shape index (κ3) is 3.56. The second kappa shape index (κ2) is 7.16. The fraction of sp³-hybridized carbons (Fsp3) is 0.500. The zero-order valence-corrected chi connectivity index (χ0v) is 15.4. The predicted octanol–water partition coefficient (Wildman–Crippen LogP) is 3.99. The average molecular weight is 356 g/mol. The number of pyridine rings is 1. The first-order valence-electron chi connectivity index (χ1n) is 9.11. The summed E-state index contributed by atoms with van der Waals surface area (Å²) in [6, 6.07) is 6.65. The van der Waals surface area contributed by atoms with Crippen molar-refractivity contribution in [1.29, 1.82) is 0 Å². The first kappa shape index (κ1) is 16.6. The largest absolute Gasteiger partial charge is 0.490 e. The Bertz CT molecular complexity index is 716. The number of amides is 1. The van der Waals surface area contributed by atoms with Crippen LogP contribution >= 0.6 is 11.3 Å². The highest BCUT2D eigenvalue weighted by atomic mass is 32.1. The Hall–Kier alpha value is -1.88. The third-order valence-electron chi connectivity index (χ3n) is 5.46. The van der Waals surface area contributed by atoms with E-state index in [9.17, 15) is 4.79 Å². The molecule has 0 aromatic carbocycles. The Morgan fingerprint density at radius 2 is 1.96 bits per heavy atom. The maximum Gasteiger partial charge on any atom is 0.223 e. The molecular weight excluding hydrogens is 332 g/mol. The molecule has 25 heavy (non-hydrogen) atoms. The van der Waals surface area contributed by atoms with Gasteiger partial charge in [0, 0.05) is 48.6 Å². The first-order chi connectivity index (χ1) is 12.2. The summed E-state index contributed by atoms with van der Waals surface area (Å²) < 4.78 is 6.12. The highest BCUT2D eigenvalue weighted by Gasteiger charge is 2.43. The summed E-state index contributed by atoms with van der Waals surface area (Å²) in [4.78, 5) is 20.4. The zero-order chi connectivity index (χ0) is 17.2. The minimum absolute atomic E-state index is 0.212. The molecule has 0 radical (unpaired) electrons. The maximum atomic E-state index is 12.8. The molecule has 2 atom stereocenters. The van der Waals surface area contributed by atoms with E-state index in [-0.39, 0.29) is 6.10 Å². The van der Waals surface area contributed by atoms with Gasteiger partial charge in [-0.05, 0) is 55.3 Å². The molecule has 1 amide bonds. The van der Waals surface area contributed by atoms with Gasteiger partial charge in [0.05, 0.1) is 0 Å². The van der Waals surface area contributed by atoms with Crippen molar-refractivity contribution >= 4 is 17.2 Å². The van der Waals surface area contributed by atoms with E-state index < -0.39 is 0 Å². The van der Waals surface area contributed by atoms with Crippen LogP contribution in [0.1, 0.15) is 42.5 Å². The molecule has 2 aromatic rings. The molecule has 4 rings (SSSR count). The van der Waals surface area contributed by atoms with Gasteiger partial charge < -0.3 is 9.64 Å². The maximum absolute atomic E-state index is 12.8. The Morgan fingerprint density at radius 3 is 2.60 bits per heavy atom. The number of piperidine rings is 1. The summed E-state index contributed by atoms with van der Waals surface area (Å²) in [5.41, 5.74) is 1.31. The van der Waals surface area contributed by atoms with Crippen LogP contribution in [0.2, 0.25) is 0 Å². The van der Waals surface area contributed by atoms with Crippen molar-refractivity contribution in [2.45, 2.75) is 63.6 Å². The Kier molecular flexibility index (Phi) is 4.75. The molecule has 2 fully saturated rings. The van der Waals surface area contributed by atoms with Gasteiger partial charge in [-0.15, -0.1) is 11.3 Å². The molecule has 0 saturated carbocycles. The fourth-order valence-corrected chi connectivity index (χ4v) is 5.16. The summed E-state index contributed by atoms with van der Waals surface area (Å²) in [7, 11) is 0. The molecule has 2 bridgehead atoms. The molecule has 0 spiro atoms. The molecule has 0 N–H and O–H groups in total. The van der Waals surface area contributed by atoms with E-state index in [1.165, 1.54) is 10.4 Å². The first-order valence-corrected chi connectivity index (χ1v) is 9.99. The van der Waals surface area contributed by atoms with Gasteiger partial charge in [-0.1, -0.05) is 0 Å². The number of rotatable bonds is 5. The van der Waals surface area contributed by atoms with Crippen LogP contribution in [0.5, 0.6) is 5.75 Å². The molecular formula is C20H24N2O2S. The molecule has 5 heteroatoms. The monoisotopic (exact) mass is 356 g/mol. The SMILES string of the molecule is Cc1ccsc1CCC(=O)N1C2CCC1CC(Oc1ccncc1)C2. The van der Waals surface area contributed by atoms with Crippen LogP contribution in [0.4, 0.5) is 0 Å². The zero-order valence-electron chi connectivity index (χ0n) is 14.6. The summed E-state index contributed by atoms with van der Waals surface area (Å²) >= 11 is 1.76. The van der Waals surface area contributed by atoms with E-state index in [1.54, 1.807) is 23.7 Å². The molecule has 2 unspecified atom stereocenters. The summed E-state index contributed by atoms with van der Waals surface area (Å²) in [5.74, 6) is 1.20. The second-order valence-corrected chi connectivity index (χ2v) is 8.11. The minimum Gasteiger partial charge on any atom is -0.490 e. The number of nitrogens with zero attached hydrogens (tertiary/aromatic N) is 2. The lowest BCUT2D eigenvalue weighted by molar-refractivity contribution is -0.137. The van der Waals surface area contributed by atoms with E-state index in [1.807, 2.05) is 12.1 Å². The number of ether oxygens (including phenoxy) is 1. The van der Waals surface area contributed by atoms with Gasteiger partial charge >= 0.3 is 0 Å². The van der Waals surface area contributed by atoms with Crippen molar-refractivity contribution in [2.24, 2.45) is 0 Å². The van der Waals surface area contributed by atoms with Crippen LogP contribution in [-0.4, -0.2) is 34.0 Å². The summed E-state index contributed by atoms with van der Waals surface area (Å²) in [5, 5.41) is 2.11. The molecule has 132 valence electrons. The molecule has 2 aromatic heterocycles. The van der Waals surface area contributed by atoms with Gasteiger partial charge in [0.15, 0.2) is 0 Å². The van der Waals surface area contributed by atoms with Crippen molar-refractivity contribution in [3.8, 4) is 5.75 Å². The van der Waals surface area contributed by atoms with Crippen molar-refractivity contribution in [3.05, 3.63) is 46.4 Å². The predicted molar refractivity (Wildman–Crippen MR) is 98.9 cm³/mol. The number of aryl methyl sites for hydroxylation is 2. The van der Waals surface area contributed by atoms with Crippen LogP contribution in [0, 0.1) is 6.92 Å².